The molecule has 11 heteroatoms. The molecule has 0 spiro atoms. The van der Waals surface area contributed by atoms with Crippen molar-refractivity contribution >= 4 is 18.5 Å². The first kappa shape index (κ1) is 19.6. The van der Waals surface area contributed by atoms with Gasteiger partial charge in [0.15, 0.2) is 5.82 Å². The van der Waals surface area contributed by atoms with E-state index in [0.29, 0.717) is 43.9 Å². The van der Waals surface area contributed by atoms with Gasteiger partial charge in [-0.1, -0.05) is 12.8 Å². The minimum absolute atomic E-state index is 0.327. The summed E-state index contributed by atoms with van der Waals surface area (Å²) in [7, 11) is -1.28. The van der Waals surface area contributed by atoms with E-state index in [2.05, 4.69) is 20.4 Å². The summed E-state index contributed by atoms with van der Waals surface area (Å²) in [5, 5.41) is 29.9. The van der Waals surface area contributed by atoms with Crippen molar-refractivity contribution in [2.75, 3.05) is 36.9 Å². The minimum atomic E-state index is -1.28. The quantitative estimate of drug-likeness (QED) is 0.278. The molecule has 1 unspecified atom stereocenters. The Morgan fingerprint density at radius 1 is 1.19 bits per heavy atom. The molecule has 0 aliphatic carbocycles. The van der Waals surface area contributed by atoms with E-state index in [0.717, 1.165) is 30.9 Å². The molecule has 0 amide bonds. The first-order valence-corrected chi connectivity index (χ1v) is 9.19. The fraction of sp³-hybridized carbons (Fsp3) is 0.562. The number of rotatable bonds is 8. The zero-order valence-electron chi connectivity index (χ0n) is 15.2. The van der Waals surface area contributed by atoms with Gasteiger partial charge < -0.3 is 31.2 Å². The summed E-state index contributed by atoms with van der Waals surface area (Å²) in [6, 6.07) is 5.31. The molecule has 10 nitrogen and oxygen atoms in total. The maximum absolute atomic E-state index is 8.94. The second-order valence-electron chi connectivity index (χ2n) is 6.67. The van der Waals surface area contributed by atoms with Gasteiger partial charge in [0.05, 0.1) is 30.6 Å². The predicted molar refractivity (Wildman–Crippen MR) is 102 cm³/mol. The number of unbranched alkanes of at least 4 members (excludes halogenated alkanes) is 1. The van der Waals surface area contributed by atoms with Crippen LogP contribution in [0, 0.1) is 0 Å². The van der Waals surface area contributed by atoms with Crippen LogP contribution in [0.4, 0.5) is 11.4 Å². The number of nitrogen functional groups attached to an aromatic ring is 1. The lowest BCUT2D eigenvalue weighted by Gasteiger charge is -2.30. The lowest BCUT2D eigenvalue weighted by Crippen LogP contribution is -2.37. The van der Waals surface area contributed by atoms with Gasteiger partial charge in [0.1, 0.15) is 0 Å². The lowest BCUT2D eigenvalue weighted by atomic mass is 9.83. The highest BCUT2D eigenvalue weighted by Crippen LogP contribution is 2.29. The van der Waals surface area contributed by atoms with Crippen molar-refractivity contribution in [3.63, 3.8) is 0 Å². The smallest absolute Gasteiger partial charge is 0.427 e. The topological polar surface area (TPSA) is 149 Å². The van der Waals surface area contributed by atoms with Crippen LogP contribution in [0.1, 0.15) is 31.1 Å². The van der Waals surface area contributed by atoms with Crippen LogP contribution in [0.15, 0.2) is 18.2 Å². The SMILES string of the molecule is Nc1ccc(N2CCOCC2)c(-n2nnnc2C(N)CCCCB(O)O)c1. The third kappa shape index (κ3) is 4.95. The molecule has 0 bridgehead atoms. The number of hydrogen-bond donors (Lipinski definition) is 4. The van der Waals surface area contributed by atoms with Crippen LogP contribution < -0.4 is 16.4 Å². The van der Waals surface area contributed by atoms with E-state index in [9.17, 15) is 0 Å². The molecule has 3 rings (SSSR count). The molecule has 6 N–H and O–H groups in total. The molecule has 0 radical (unpaired) electrons. The Balaban J connectivity index is 1.81. The van der Waals surface area contributed by atoms with Crippen LogP contribution in [0.3, 0.4) is 0 Å². The Morgan fingerprint density at radius 3 is 2.70 bits per heavy atom. The van der Waals surface area contributed by atoms with Crippen LogP contribution in [-0.4, -0.2) is 63.7 Å². The molecule has 1 fully saturated rings. The summed E-state index contributed by atoms with van der Waals surface area (Å²) >= 11 is 0. The Labute approximate surface area is 158 Å². The normalized spacial score (nSPS) is 15.7. The van der Waals surface area contributed by atoms with Crippen LogP contribution in [0.2, 0.25) is 6.32 Å². The van der Waals surface area contributed by atoms with E-state index in [4.69, 9.17) is 26.3 Å². The fourth-order valence-electron chi connectivity index (χ4n) is 3.20. The average molecular weight is 375 g/mol. The number of ether oxygens (including phenoxy) is 1. The maximum Gasteiger partial charge on any atom is 0.451 e. The summed E-state index contributed by atoms with van der Waals surface area (Å²) in [5.41, 5.74) is 14.7. The van der Waals surface area contributed by atoms with E-state index in [1.807, 2.05) is 18.2 Å². The Hall–Kier alpha value is -2.21. The van der Waals surface area contributed by atoms with Gasteiger partial charge >= 0.3 is 7.12 Å². The number of nitrogens with zero attached hydrogens (tertiary/aromatic N) is 5. The van der Waals surface area contributed by atoms with Crippen LogP contribution >= 0.6 is 0 Å². The highest BCUT2D eigenvalue weighted by atomic mass is 16.5. The van der Waals surface area contributed by atoms with E-state index in [1.165, 1.54) is 0 Å². The molecular formula is C16H26BN7O3. The average Bonchev–Trinajstić information content (AvgIpc) is 3.15. The van der Waals surface area contributed by atoms with E-state index in [-0.39, 0.29) is 6.04 Å². The molecule has 1 aliphatic rings. The van der Waals surface area contributed by atoms with Gasteiger partial charge in [0.25, 0.3) is 0 Å². The molecule has 0 saturated carbocycles. The summed E-state index contributed by atoms with van der Waals surface area (Å²) in [5.74, 6) is 0.555. The second kappa shape index (κ2) is 9.13. The first-order chi connectivity index (χ1) is 13.1. The van der Waals surface area contributed by atoms with Crippen molar-refractivity contribution in [2.24, 2.45) is 5.73 Å². The zero-order valence-corrected chi connectivity index (χ0v) is 15.2. The number of tetrazole rings is 1. The van der Waals surface area contributed by atoms with Gasteiger partial charge in [0.2, 0.25) is 0 Å². The minimum Gasteiger partial charge on any atom is -0.427 e. The number of morpholine rings is 1. The predicted octanol–water partition coefficient (Wildman–Crippen LogP) is -0.276. The molecular weight excluding hydrogens is 349 g/mol. The number of benzene rings is 1. The number of nitrogens with two attached hydrogens (primary N) is 2. The van der Waals surface area contributed by atoms with Gasteiger partial charge in [-0.2, -0.15) is 4.68 Å². The van der Waals surface area contributed by atoms with Gasteiger partial charge in [0, 0.05) is 18.8 Å². The van der Waals surface area contributed by atoms with Crippen molar-refractivity contribution in [1.82, 2.24) is 20.2 Å². The Morgan fingerprint density at radius 2 is 1.96 bits per heavy atom. The molecule has 1 aliphatic heterocycles. The van der Waals surface area contributed by atoms with Crippen molar-refractivity contribution in [3.05, 3.63) is 24.0 Å². The molecule has 1 atom stereocenters. The zero-order chi connectivity index (χ0) is 19.2. The highest BCUT2D eigenvalue weighted by molar-refractivity contribution is 6.40. The summed E-state index contributed by atoms with van der Waals surface area (Å²) in [6.07, 6.45) is 2.39. The molecule has 2 heterocycles. The van der Waals surface area contributed by atoms with Crippen LogP contribution in [-0.2, 0) is 4.74 Å². The fourth-order valence-corrected chi connectivity index (χ4v) is 3.20. The van der Waals surface area contributed by atoms with Crippen molar-refractivity contribution in [2.45, 2.75) is 31.6 Å². The third-order valence-electron chi connectivity index (χ3n) is 4.63. The largest absolute Gasteiger partial charge is 0.451 e. The van der Waals surface area contributed by atoms with Crippen LogP contribution in [0.5, 0.6) is 0 Å². The number of aromatic nitrogens is 4. The maximum atomic E-state index is 8.94. The van der Waals surface area contributed by atoms with Gasteiger partial charge in [-0.25, -0.2) is 0 Å². The van der Waals surface area contributed by atoms with Gasteiger partial charge in [-0.15, -0.1) is 5.10 Å². The van der Waals surface area contributed by atoms with Crippen molar-refractivity contribution in [1.29, 1.82) is 0 Å². The Bertz CT molecular complexity index is 737. The second-order valence-corrected chi connectivity index (χ2v) is 6.67. The standard InChI is InChI=1S/C16H26BN7O3/c18-12-4-5-14(23-7-9-27-10-8-23)15(11-12)24-16(20-21-22-24)13(19)3-1-2-6-17(25)26/h4-5,11,13,25-26H,1-3,6-10,18-19H2. The monoisotopic (exact) mass is 375 g/mol. The summed E-state index contributed by atoms with van der Waals surface area (Å²) in [6.45, 7) is 2.90. The molecule has 146 valence electrons. The first-order valence-electron chi connectivity index (χ1n) is 9.19. The van der Waals surface area contributed by atoms with Gasteiger partial charge in [-0.05, 0) is 41.4 Å². The molecule has 27 heavy (non-hydrogen) atoms. The van der Waals surface area contributed by atoms with Gasteiger partial charge in [-0.3, -0.25) is 0 Å². The van der Waals surface area contributed by atoms with E-state index < -0.39 is 7.12 Å². The number of anilines is 2. The molecule has 1 aromatic carbocycles. The summed E-state index contributed by atoms with van der Waals surface area (Å²) < 4.78 is 7.09. The lowest BCUT2D eigenvalue weighted by molar-refractivity contribution is 0.122. The van der Waals surface area contributed by atoms with Crippen molar-refractivity contribution < 1.29 is 14.8 Å². The van der Waals surface area contributed by atoms with E-state index in [1.54, 1.807) is 4.68 Å². The molecule has 2 aromatic rings. The Kier molecular flexibility index (Phi) is 6.61. The highest BCUT2D eigenvalue weighted by Gasteiger charge is 2.22. The third-order valence-corrected chi connectivity index (χ3v) is 4.63. The number of hydrogen-bond acceptors (Lipinski definition) is 9. The summed E-state index contributed by atoms with van der Waals surface area (Å²) in [4.78, 5) is 2.22. The van der Waals surface area contributed by atoms with Crippen molar-refractivity contribution in [3.8, 4) is 5.69 Å². The van der Waals surface area contributed by atoms with E-state index >= 15 is 0 Å². The van der Waals surface area contributed by atoms with Crippen LogP contribution in [0.25, 0.3) is 5.69 Å². The molecule has 1 aromatic heterocycles. The molecule has 1 saturated heterocycles.